The van der Waals surface area contributed by atoms with Crippen LogP contribution in [0.3, 0.4) is 0 Å². The number of nitro groups is 1. The number of rotatable bonds is 9. The number of nitrogens with zero attached hydrogens (tertiary/aromatic N) is 3. The lowest BCUT2D eigenvalue weighted by Crippen LogP contribution is -2.03. The van der Waals surface area contributed by atoms with Crippen molar-refractivity contribution >= 4 is 39.3 Å². The van der Waals surface area contributed by atoms with Crippen LogP contribution in [0.15, 0.2) is 69.3 Å². The molecule has 2 heterocycles. The van der Waals surface area contributed by atoms with Gasteiger partial charge in [-0.05, 0) is 30.7 Å². The third-order valence-corrected chi connectivity index (χ3v) is 5.92. The first-order valence-corrected chi connectivity index (χ1v) is 11.6. The summed E-state index contributed by atoms with van der Waals surface area (Å²) in [5.74, 6) is 0.732. The molecule has 0 fully saturated rings. The van der Waals surface area contributed by atoms with E-state index in [1.54, 1.807) is 11.6 Å². The molecule has 10 heteroatoms. The van der Waals surface area contributed by atoms with Crippen molar-refractivity contribution in [3.05, 3.63) is 85.7 Å². The first-order chi connectivity index (χ1) is 17.0. The molecule has 0 saturated heterocycles. The van der Waals surface area contributed by atoms with E-state index in [-0.39, 0.29) is 22.4 Å². The van der Waals surface area contributed by atoms with Gasteiger partial charge in [0.2, 0.25) is 0 Å². The molecule has 0 bridgehead atoms. The Morgan fingerprint density at radius 1 is 1.31 bits per heavy atom. The van der Waals surface area contributed by atoms with E-state index >= 15 is 0 Å². The predicted octanol–water partition coefficient (Wildman–Crippen LogP) is 5.98. The Morgan fingerprint density at radius 3 is 2.94 bits per heavy atom. The van der Waals surface area contributed by atoms with Crippen LogP contribution in [0, 0.1) is 21.4 Å². The van der Waals surface area contributed by atoms with Crippen molar-refractivity contribution in [3.63, 3.8) is 0 Å². The molecule has 0 aliphatic rings. The summed E-state index contributed by atoms with van der Waals surface area (Å²) in [6, 6.07) is 15.0. The first kappa shape index (κ1) is 23.7. The number of nitro benzene ring substituents is 1. The maximum atomic E-state index is 12.5. The number of ether oxygens (including phenoxy) is 1. The van der Waals surface area contributed by atoms with Crippen LogP contribution in [0.5, 0.6) is 5.75 Å². The fourth-order valence-corrected chi connectivity index (χ4v) is 4.02. The van der Waals surface area contributed by atoms with E-state index in [9.17, 15) is 20.2 Å². The summed E-state index contributed by atoms with van der Waals surface area (Å²) in [6.45, 7) is 2.73. The minimum absolute atomic E-state index is 0.114. The highest BCUT2D eigenvalue weighted by atomic mass is 32.1. The molecule has 0 aliphatic heterocycles. The normalized spacial score (nSPS) is 11.3. The molecule has 35 heavy (non-hydrogen) atoms. The van der Waals surface area contributed by atoms with E-state index in [2.05, 4.69) is 23.3 Å². The lowest BCUT2D eigenvalue weighted by molar-refractivity contribution is -0.384. The maximum absolute atomic E-state index is 12.5. The number of non-ortho nitro benzene ring substituents is 1. The maximum Gasteiger partial charge on any atom is 0.345 e. The van der Waals surface area contributed by atoms with Crippen LogP contribution < -0.4 is 15.7 Å². The summed E-state index contributed by atoms with van der Waals surface area (Å²) >= 11 is 1.20. The second-order valence-electron chi connectivity index (χ2n) is 7.51. The Kier molecular flexibility index (Phi) is 7.18. The molecule has 0 atom stereocenters. The molecule has 2 aromatic heterocycles. The van der Waals surface area contributed by atoms with Crippen molar-refractivity contribution in [2.45, 2.75) is 19.8 Å². The fourth-order valence-electron chi connectivity index (χ4n) is 3.23. The van der Waals surface area contributed by atoms with Crippen molar-refractivity contribution in [1.82, 2.24) is 4.98 Å². The number of nitrogens with one attached hydrogen (secondary N) is 1. The summed E-state index contributed by atoms with van der Waals surface area (Å²) in [6.07, 6.45) is 3.55. The van der Waals surface area contributed by atoms with E-state index in [4.69, 9.17) is 9.15 Å². The topological polar surface area (TPSA) is 131 Å². The minimum Gasteiger partial charge on any atom is -0.494 e. The quantitative estimate of drug-likeness (QED) is 0.100. The zero-order valence-corrected chi connectivity index (χ0v) is 19.5. The van der Waals surface area contributed by atoms with E-state index in [1.165, 1.54) is 35.6 Å². The van der Waals surface area contributed by atoms with Gasteiger partial charge in [-0.1, -0.05) is 19.4 Å². The van der Waals surface area contributed by atoms with Crippen LogP contribution >= 0.6 is 11.3 Å². The standard InChI is InChI=1S/C25H20N4O5S/c1-2-3-9-33-20-6-4-5-18(12-20)27-14-17(13-26)24-28-22(15-35-24)21-11-16-10-19(29(31)32)7-8-23(16)34-25(21)30/h4-8,10-12,14-15,27H,2-3,9H2,1H3. The molecule has 0 radical (unpaired) electrons. The highest BCUT2D eigenvalue weighted by Crippen LogP contribution is 2.28. The van der Waals surface area contributed by atoms with Crippen molar-refractivity contribution in [3.8, 4) is 23.1 Å². The highest BCUT2D eigenvalue weighted by molar-refractivity contribution is 7.11. The Balaban J connectivity index is 1.58. The lowest BCUT2D eigenvalue weighted by Gasteiger charge is -2.07. The number of unbranched alkanes of at least 4 members (excludes halogenated alkanes) is 1. The molecule has 0 unspecified atom stereocenters. The molecule has 0 aliphatic carbocycles. The molecule has 0 spiro atoms. The summed E-state index contributed by atoms with van der Waals surface area (Å²) in [5, 5.41) is 26.3. The summed E-state index contributed by atoms with van der Waals surface area (Å²) in [4.78, 5) is 27.5. The third kappa shape index (κ3) is 5.54. The van der Waals surface area contributed by atoms with Gasteiger partial charge in [-0.25, -0.2) is 9.78 Å². The van der Waals surface area contributed by atoms with Crippen LogP contribution in [0.1, 0.15) is 24.8 Å². The predicted molar refractivity (Wildman–Crippen MR) is 134 cm³/mol. The number of anilines is 1. The van der Waals surface area contributed by atoms with E-state index in [0.717, 1.165) is 24.3 Å². The largest absolute Gasteiger partial charge is 0.494 e. The van der Waals surface area contributed by atoms with Gasteiger partial charge in [0.15, 0.2) is 0 Å². The first-order valence-electron chi connectivity index (χ1n) is 10.8. The number of thiazole rings is 1. The fraction of sp³-hybridized carbons (Fsp3) is 0.160. The average Bonchev–Trinajstić information content (AvgIpc) is 3.34. The highest BCUT2D eigenvalue weighted by Gasteiger charge is 2.15. The zero-order valence-electron chi connectivity index (χ0n) is 18.7. The molecule has 2 aromatic carbocycles. The van der Waals surface area contributed by atoms with Crippen molar-refractivity contribution < 1.29 is 14.1 Å². The van der Waals surface area contributed by atoms with Crippen LogP contribution in [0.4, 0.5) is 11.4 Å². The van der Waals surface area contributed by atoms with Crippen LogP contribution in [0.2, 0.25) is 0 Å². The van der Waals surface area contributed by atoms with Gasteiger partial charge < -0.3 is 14.5 Å². The van der Waals surface area contributed by atoms with Gasteiger partial charge in [-0.2, -0.15) is 5.26 Å². The Labute approximate surface area is 204 Å². The van der Waals surface area contributed by atoms with E-state index in [0.29, 0.717) is 22.7 Å². The molecular weight excluding hydrogens is 468 g/mol. The van der Waals surface area contributed by atoms with Crippen molar-refractivity contribution in [1.29, 1.82) is 5.26 Å². The molecule has 4 aromatic rings. The molecule has 1 N–H and O–H groups in total. The van der Waals surface area contributed by atoms with Gasteiger partial charge in [-0.15, -0.1) is 11.3 Å². The second-order valence-corrected chi connectivity index (χ2v) is 8.37. The number of hydrogen-bond donors (Lipinski definition) is 1. The Morgan fingerprint density at radius 2 is 2.17 bits per heavy atom. The monoisotopic (exact) mass is 488 g/mol. The molecule has 4 rings (SSSR count). The summed E-state index contributed by atoms with van der Waals surface area (Å²) < 4.78 is 11.0. The summed E-state index contributed by atoms with van der Waals surface area (Å²) in [7, 11) is 0. The SMILES string of the molecule is CCCCOc1cccc(NC=C(C#N)c2nc(-c3cc4cc([N+](=O)[O-])ccc4oc3=O)cs2)c1. The molecular formula is C25H20N4O5S. The number of fused-ring (bicyclic) bond motifs is 1. The Bertz CT molecular complexity index is 1520. The van der Waals surface area contributed by atoms with Crippen LogP contribution in [-0.4, -0.2) is 16.5 Å². The van der Waals surface area contributed by atoms with Gasteiger partial charge in [0.25, 0.3) is 5.69 Å². The number of benzene rings is 2. The van der Waals surface area contributed by atoms with Crippen molar-refractivity contribution in [2.75, 3.05) is 11.9 Å². The molecule has 176 valence electrons. The van der Waals surface area contributed by atoms with Crippen molar-refractivity contribution in [2.24, 2.45) is 0 Å². The number of allylic oxidation sites excluding steroid dienone is 1. The van der Waals surface area contributed by atoms with E-state index in [1.807, 2.05) is 24.3 Å². The lowest BCUT2D eigenvalue weighted by atomic mass is 10.1. The number of hydrogen-bond acceptors (Lipinski definition) is 9. The third-order valence-electron chi connectivity index (χ3n) is 5.04. The minimum atomic E-state index is -0.622. The zero-order chi connectivity index (χ0) is 24.8. The van der Waals surface area contributed by atoms with Crippen LogP contribution in [-0.2, 0) is 0 Å². The number of nitriles is 1. The average molecular weight is 489 g/mol. The smallest absolute Gasteiger partial charge is 0.345 e. The molecule has 9 nitrogen and oxygen atoms in total. The molecule has 0 amide bonds. The van der Waals surface area contributed by atoms with Crippen LogP contribution in [0.25, 0.3) is 27.8 Å². The van der Waals surface area contributed by atoms with Gasteiger partial charge >= 0.3 is 5.63 Å². The van der Waals surface area contributed by atoms with Gasteiger partial charge in [0.05, 0.1) is 22.8 Å². The molecule has 0 saturated carbocycles. The van der Waals surface area contributed by atoms with Gasteiger partial charge in [0.1, 0.15) is 28.0 Å². The summed E-state index contributed by atoms with van der Waals surface area (Å²) in [5.41, 5.74) is 1.00. The number of aromatic nitrogens is 1. The Hall–Kier alpha value is -4.49. The van der Waals surface area contributed by atoms with Gasteiger partial charge in [-0.3, -0.25) is 10.1 Å². The van der Waals surface area contributed by atoms with E-state index < -0.39 is 10.5 Å². The second kappa shape index (κ2) is 10.6. The van der Waals surface area contributed by atoms with Gasteiger partial charge in [0, 0.05) is 40.9 Å².